The Morgan fingerprint density at radius 2 is 2.22 bits per heavy atom. The highest BCUT2D eigenvalue weighted by atomic mass is 16.2. The predicted molar refractivity (Wildman–Crippen MR) is 87.1 cm³/mol. The maximum absolute atomic E-state index is 12.0. The van der Waals surface area contributed by atoms with Gasteiger partial charge >= 0.3 is 6.03 Å². The van der Waals surface area contributed by atoms with E-state index in [1.165, 1.54) is 17.5 Å². The van der Waals surface area contributed by atoms with E-state index in [0.717, 1.165) is 12.8 Å². The zero-order chi connectivity index (χ0) is 16.0. The van der Waals surface area contributed by atoms with Gasteiger partial charge in [0.05, 0.1) is 0 Å². The summed E-state index contributed by atoms with van der Waals surface area (Å²) < 4.78 is 0. The van der Waals surface area contributed by atoms with Gasteiger partial charge in [0.2, 0.25) is 5.91 Å². The highest BCUT2D eigenvalue weighted by molar-refractivity contribution is 5.88. The molecule has 3 atom stereocenters. The molecule has 2 N–H and O–H groups in total. The molecule has 3 unspecified atom stereocenters. The summed E-state index contributed by atoms with van der Waals surface area (Å²) in [5.74, 6) is 0.534. The lowest BCUT2D eigenvalue weighted by Crippen LogP contribution is -2.46. The van der Waals surface area contributed by atoms with E-state index in [0.29, 0.717) is 30.8 Å². The number of carbonyl (C=O) groups excluding carboxylic acids is 2. The molecule has 1 saturated carbocycles. The van der Waals surface area contributed by atoms with Crippen LogP contribution in [0.2, 0.25) is 0 Å². The number of carbonyl (C=O) groups is 2. The molecule has 1 spiro atoms. The van der Waals surface area contributed by atoms with E-state index in [9.17, 15) is 9.59 Å². The number of rotatable bonds is 3. The fourth-order valence-corrected chi connectivity index (χ4v) is 4.38. The first-order valence-corrected chi connectivity index (χ1v) is 8.48. The Kier molecular flexibility index (Phi) is 3.32. The first kappa shape index (κ1) is 14.5. The molecule has 23 heavy (non-hydrogen) atoms. The number of aryl methyl sites for hydroxylation is 1. The van der Waals surface area contributed by atoms with Crippen LogP contribution in [0.5, 0.6) is 0 Å². The summed E-state index contributed by atoms with van der Waals surface area (Å²) in [6.45, 7) is 1.41. The Morgan fingerprint density at radius 1 is 1.39 bits per heavy atom. The van der Waals surface area contributed by atoms with Crippen LogP contribution >= 0.6 is 0 Å². The zero-order valence-electron chi connectivity index (χ0n) is 13.5. The molecule has 0 bridgehead atoms. The van der Waals surface area contributed by atoms with Crippen LogP contribution in [-0.2, 0) is 16.6 Å². The van der Waals surface area contributed by atoms with Gasteiger partial charge in [-0.1, -0.05) is 24.3 Å². The highest BCUT2D eigenvalue weighted by Crippen LogP contribution is 2.61. The van der Waals surface area contributed by atoms with Crippen molar-refractivity contribution in [3.63, 3.8) is 0 Å². The summed E-state index contributed by atoms with van der Waals surface area (Å²) in [6.07, 6.45) is 4.22. The van der Waals surface area contributed by atoms with Gasteiger partial charge < -0.3 is 15.5 Å². The molecule has 2 fully saturated rings. The summed E-state index contributed by atoms with van der Waals surface area (Å²) in [4.78, 5) is 25.5. The Bertz CT molecular complexity index is 659. The number of nitrogens with zero attached hydrogens (tertiary/aromatic N) is 1. The lowest BCUT2D eigenvalue weighted by atomic mass is 9.95. The number of likely N-dealkylation sites (N-methyl/N-ethyl adjacent to an activating group) is 1. The van der Waals surface area contributed by atoms with Crippen LogP contribution in [0.25, 0.3) is 0 Å². The standard InChI is InChI=1S/C18H23N3O2/c1-21-9-7-15(16(21)22)20-17(23)19-11-13-10-18(13)8-6-12-4-2-3-5-14(12)18/h2-5,13,15H,6-11H2,1H3,(H2,19,20,23). The van der Waals surface area contributed by atoms with E-state index in [2.05, 4.69) is 34.9 Å². The molecule has 5 heteroatoms. The number of likely N-dealkylation sites (tertiary alicyclic amines) is 1. The highest BCUT2D eigenvalue weighted by Gasteiger charge is 2.57. The van der Waals surface area contributed by atoms with Crippen molar-refractivity contribution in [2.24, 2.45) is 5.92 Å². The molecule has 122 valence electrons. The fraction of sp³-hybridized carbons (Fsp3) is 0.556. The minimum atomic E-state index is -0.361. The van der Waals surface area contributed by atoms with Crippen LogP contribution in [0, 0.1) is 5.92 Å². The first-order valence-electron chi connectivity index (χ1n) is 8.48. The largest absolute Gasteiger partial charge is 0.344 e. The lowest BCUT2D eigenvalue weighted by Gasteiger charge is -2.15. The Morgan fingerprint density at radius 3 is 3.00 bits per heavy atom. The quantitative estimate of drug-likeness (QED) is 0.886. The summed E-state index contributed by atoms with van der Waals surface area (Å²) >= 11 is 0. The average Bonchev–Trinajstić information content (AvgIpc) is 3.02. The van der Waals surface area contributed by atoms with E-state index in [4.69, 9.17) is 0 Å². The molecule has 4 rings (SSSR count). The summed E-state index contributed by atoms with van der Waals surface area (Å²) in [5, 5.41) is 5.77. The van der Waals surface area contributed by atoms with Crippen molar-refractivity contribution in [1.29, 1.82) is 0 Å². The molecule has 3 amide bonds. The molecule has 0 radical (unpaired) electrons. The van der Waals surface area contributed by atoms with Crippen LogP contribution in [0.15, 0.2) is 24.3 Å². The molecule has 2 aliphatic carbocycles. The number of amides is 3. The second-order valence-corrected chi connectivity index (χ2v) is 7.17. The maximum Gasteiger partial charge on any atom is 0.315 e. The number of hydrogen-bond donors (Lipinski definition) is 2. The molecule has 0 aromatic heterocycles. The first-order chi connectivity index (χ1) is 11.1. The molecule has 1 saturated heterocycles. The van der Waals surface area contributed by atoms with Crippen LogP contribution in [0.3, 0.4) is 0 Å². The van der Waals surface area contributed by atoms with Gasteiger partial charge in [-0.2, -0.15) is 0 Å². The lowest BCUT2D eigenvalue weighted by molar-refractivity contribution is -0.128. The van der Waals surface area contributed by atoms with E-state index < -0.39 is 0 Å². The van der Waals surface area contributed by atoms with Crippen molar-refractivity contribution in [3.8, 4) is 0 Å². The van der Waals surface area contributed by atoms with Gasteiger partial charge in [-0.15, -0.1) is 0 Å². The minimum absolute atomic E-state index is 0.00719. The molecule has 5 nitrogen and oxygen atoms in total. The second kappa shape index (κ2) is 5.25. The van der Waals surface area contributed by atoms with Gasteiger partial charge in [-0.3, -0.25) is 4.79 Å². The van der Waals surface area contributed by atoms with E-state index in [1.54, 1.807) is 11.9 Å². The Hall–Kier alpha value is -2.04. The number of benzene rings is 1. The minimum Gasteiger partial charge on any atom is -0.344 e. The van der Waals surface area contributed by atoms with Crippen molar-refractivity contribution in [2.75, 3.05) is 20.1 Å². The van der Waals surface area contributed by atoms with Crippen LogP contribution < -0.4 is 10.6 Å². The smallest absolute Gasteiger partial charge is 0.315 e. The van der Waals surface area contributed by atoms with Crippen molar-refractivity contribution in [3.05, 3.63) is 35.4 Å². The molecular weight excluding hydrogens is 290 g/mol. The van der Waals surface area contributed by atoms with Crippen LogP contribution in [0.1, 0.15) is 30.4 Å². The predicted octanol–water partition coefficient (Wildman–Crippen LogP) is 1.42. The molecule has 1 aromatic rings. The Balaban J connectivity index is 1.30. The topological polar surface area (TPSA) is 61.4 Å². The van der Waals surface area contributed by atoms with Crippen molar-refractivity contribution >= 4 is 11.9 Å². The van der Waals surface area contributed by atoms with Gasteiger partial charge in [0.25, 0.3) is 0 Å². The third-order valence-corrected chi connectivity index (χ3v) is 5.87. The fourth-order valence-electron chi connectivity index (χ4n) is 4.38. The van der Waals surface area contributed by atoms with E-state index in [1.807, 2.05) is 0 Å². The number of nitrogens with one attached hydrogen (secondary N) is 2. The number of fused-ring (bicyclic) bond motifs is 2. The molecule has 1 aliphatic heterocycles. The third kappa shape index (κ3) is 2.38. The summed E-state index contributed by atoms with van der Waals surface area (Å²) in [5.41, 5.74) is 3.26. The zero-order valence-corrected chi connectivity index (χ0v) is 13.5. The normalized spacial score (nSPS) is 31.3. The van der Waals surface area contributed by atoms with Gasteiger partial charge in [-0.05, 0) is 42.7 Å². The average molecular weight is 313 g/mol. The van der Waals surface area contributed by atoms with Crippen molar-refractivity contribution in [2.45, 2.75) is 37.1 Å². The van der Waals surface area contributed by atoms with Crippen molar-refractivity contribution < 1.29 is 9.59 Å². The summed E-state index contributed by atoms with van der Waals surface area (Å²) in [6, 6.07) is 8.12. The summed E-state index contributed by atoms with van der Waals surface area (Å²) in [7, 11) is 1.77. The molecule has 1 aromatic carbocycles. The van der Waals surface area contributed by atoms with Crippen LogP contribution in [0.4, 0.5) is 4.79 Å². The molecule has 1 heterocycles. The van der Waals surface area contributed by atoms with Gasteiger partial charge in [0, 0.05) is 25.6 Å². The number of urea groups is 1. The maximum atomic E-state index is 12.0. The third-order valence-electron chi connectivity index (χ3n) is 5.87. The second-order valence-electron chi connectivity index (χ2n) is 7.17. The van der Waals surface area contributed by atoms with Gasteiger partial charge in [0.15, 0.2) is 0 Å². The monoisotopic (exact) mass is 313 g/mol. The van der Waals surface area contributed by atoms with Gasteiger partial charge in [-0.25, -0.2) is 4.79 Å². The number of hydrogen-bond acceptors (Lipinski definition) is 2. The van der Waals surface area contributed by atoms with Gasteiger partial charge in [0.1, 0.15) is 6.04 Å². The van der Waals surface area contributed by atoms with E-state index >= 15 is 0 Å². The van der Waals surface area contributed by atoms with Crippen LogP contribution in [-0.4, -0.2) is 43.0 Å². The van der Waals surface area contributed by atoms with E-state index in [-0.39, 0.29) is 18.0 Å². The SMILES string of the molecule is CN1CCC(NC(=O)NCC2CC23CCc2ccccc23)C1=O. The molecular formula is C18H23N3O2. The molecule has 3 aliphatic rings. The Labute approximate surface area is 136 Å². The van der Waals surface area contributed by atoms with Crippen molar-refractivity contribution in [1.82, 2.24) is 15.5 Å².